The minimum absolute atomic E-state index is 0.250. The van der Waals surface area contributed by atoms with E-state index < -0.39 is 12.2 Å². The lowest BCUT2D eigenvalue weighted by Crippen LogP contribution is -2.37. The number of carbonyl (C=O) groups is 2. The first-order valence-corrected chi connectivity index (χ1v) is 8.19. The molecule has 0 aromatic rings. The molecule has 0 fully saturated rings. The highest BCUT2D eigenvalue weighted by molar-refractivity contribution is 5.83. The largest absolute Gasteiger partial charge is 0.448 e. The van der Waals surface area contributed by atoms with Gasteiger partial charge in [0.05, 0.1) is 26.2 Å². The zero-order valence-electron chi connectivity index (χ0n) is 14.4. The topological polar surface area (TPSA) is 95.9 Å². The standard InChI is InChI=1S/C15H25N5O5/c1-23-9-6-18(7-10-24-14(21)19-4-2-16-12-19)8-11-25-15(22)20-5-3-17-13-20/h2,4,13,16H,3,5-12H2,1H3. The van der Waals surface area contributed by atoms with Crippen molar-refractivity contribution in [3.63, 3.8) is 0 Å². The molecule has 0 unspecified atom stereocenters. The van der Waals surface area contributed by atoms with Gasteiger partial charge in [-0.25, -0.2) is 9.59 Å². The molecule has 0 saturated heterocycles. The average Bonchev–Trinajstić information content (AvgIpc) is 3.32. The van der Waals surface area contributed by atoms with E-state index in [1.54, 1.807) is 19.5 Å². The van der Waals surface area contributed by atoms with Crippen molar-refractivity contribution in [3.05, 3.63) is 12.4 Å². The van der Waals surface area contributed by atoms with Crippen LogP contribution < -0.4 is 5.32 Å². The Hall–Kier alpha value is -2.33. The highest BCUT2D eigenvalue weighted by atomic mass is 16.6. The average molecular weight is 355 g/mol. The van der Waals surface area contributed by atoms with Gasteiger partial charge in [-0.3, -0.25) is 19.7 Å². The number of nitrogens with zero attached hydrogens (tertiary/aromatic N) is 4. The van der Waals surface area contributed by atoms with Crippen molar-refractivity contribution in [3.8, 4) is 0 Å². The minimum Gasteiger partial charge on any atom is -0.448 e. The van der Waals surface area contributed by atoms with Gasteiger partial charge in [-0.15, -0.1) is 0 Å². The molecule has 10 heteroatoms. The first-order valence-electron chi connectivity index (χ1n) is 8.19. The second kappa shape index (κ2) is 10.5. The van der Waals surface area contributed by atoms with Gasteiger partial charge in [0.15, 0.2) is 0 Å². The normalized spacial score (nSPS) is 15.8. The number of rotatable bonds is 9. The van der Waals surface area contributed by atoms with Crippen LogP contribution in [0.25, 0.3) is 0 Å². The summed E-state index contributed by atoms with van der Waals surface area (Å²) in [6.07, 6.45) is 4.02. The van der Waals surface area contributed by atoms with Crippen LogP contribution in [-0.2, 0) is 14.2 Å². The lowest BCUT2D eigenvalue weighted by Gasteiger charge is -2.22. The van der Waals surface area contributed by atoms with Crippen molar-refractivity contribution in [2.75, 3.05) is 66.3 Å². The van der Waals surface area contributed by atoms with Crippen LogP contribution >= 0.6 is 0 Å². The van der Waals surface area contributed by atoms with E-state index in [0.717, 1.165) is 0 Å². The molecule has 0 aliphatic carbocycles. The molecule has 2 aliphatic rings. The smallest absolute Gasteiger partial charge is 0.415 e. The summed E-state index contributed by atoms with van der Waals surface area (Å²) >= 11 is 0. The second-order valence-corrected chi connectivity index (χ2v) is 5.43. The molecule has 0 radical (unpaired) electrons. The molecule has 0 bridgehead atoms. The number of amides is 2. The van der Waals surface area contributed by atoms with Crippen molar-refractivity contribution in [2.24, 2.45) is 4.99 Å². The van der Waals surface area contributed by atoms with Crippen LogP contribution in [0.4, 0.5) is 9.59 Å². The van der Waals surface area contributed by atoms with E-state index in [0.29, 0.717) is 46.0 Å². The van der Waals surface area contributed by atoms with Gasteiger partial charge in [-0.1, -0.05) is 0 Å². The van der Waals surface area contributed by atoms with Gasteiger partial charge in [0.25, 0.3) is 0 Å². The van der Waals surface area contributed by atoms with Gasteiger partial charge >= 0.3 is 12.2 Å². The second-order valence-electron chi connectivity index (χ2n) is 5.43. The van der Waals surface area contributed by atoms with Gasteiger partial charge in [0, 0.05) is 45.7 Å². The highest BCUT2D eigenvalue weighted by Crippen LogP contribution is 2.00. The molecule has 2 amide bonds. The van der Waals surface area contributed by atoms with Crippen LogP contribution in [0.5, 0.6) is 0 Å². The molecule has 10 nitrogen and oxygen atoms in total. The Morgan fingerprint density at radius 2 is 1.80 bits per heavy atom. The fraction of sp³-hybridized carbons (Fsp3) is 0.667. The van der Waals surface area contributed by atoms with E-state index in [9.17, 15) is 9.59 Å². The molecule has 0 aromatic carbocycles. The van der Waals surface area contributed by atoms with E-state index in [-0.39, 0.29) is 13.2 Å². The maximum Gasteiger partial charge on any atom is 0.415 e. The molecule has 2 heterocycles. The summed E-state index contributed by atoms with van der Waals surface area (Å²) in [6.45, 7) is 4.35. The molecular weight excluding hydrogens is 330 g/mol. The molecular formula is C15H25N5O5. The van der Waals surface area contributed by atoms with Gasteiger partial charge < -0.3 is 19.5 Å². The Labute approximate surface area is 147 Å². The van der Waals surface area contributed by atoms with Crippen LogP contribution in [0.2, 0.25) is 0 Å². The highest BCUT2D eigenvalue weighted by Gasteiger charge is 2.17. The summed E-state index contributed by atoms with van der Waals surface area (Å²) in [5, 5.41) is 2.90. The molecule has 1 N–H and O–H groups in total. The van der Waals surface area contributed by atoms with Crippen molar-refractivity contribution >= 4 is 18.5 Å². The first kappa shape index (κ1) is 19.0. The van der Waals surface area contributed by atoms with Gasteiger partial charge in [0.1, 0.15) is 13.2 Å². The lowest BCUT2D eigenvalue weighted by atomic mass is 10.4. The van der Waals surface area contributed by atoms with Crippen LogP contribution in [0.15, 0.2) is 17.4 Å². The summed E-state index contributed by atoms with van der Waals surface area (Å²) in [4.78, 5) is 32.4. The summed E-state index contributed by atoms with van der Waals surface area (Å²) in [5.74, 6) is 0. The predicted molar refractivity (Wildman–Crippen MR) is 90.1 cm³/mol. The third-order valence-electron chi connectivity index (χ3n) is 3.67. The number of carbonyl (C=O) groups excluding carboxylic acids is 2. The molecule has 0 atom stereocenters. The summed E-state index contributed by atoms with van der Waals surface area (Å²) in [5.41, 5.74) is 0. The summed E-state index contributed by atoms with van der Waals surface area (Å²) in [6, 6.07) is 0. The number of hydrogen-bond donors (Lipinski definition) is 1. The molecule has 140 valence electrons. The fourth-order valence-corrected chi connectivity index (χ4v) is 2.24. The van der Waals surface area contributed by atoms with Crippen molar-refractivity contribution in [2.45, 2.75) is 0 Å². The van der Waals surface area contributed by atoms with Crippen LogP contribution in [0.1, 0.15) is 0 Å². The third-order valence-corrected chi connectivity index (χ3v) is 3.67. The van der Waals surface area contributed by atoms with E-state index in [4.69, 9.17) is 14.2 Å². The van der Waals surface area contributed by atoms with Crippen LogP contribution in [0, 0.1) is 0 Å². The Bertz CT molecular complexity index is 459. The number of methoxy groups -OCH3 is 1. The summed E-state index contributed by atoms with van der Waals surface area (Å²) < 4.78 is 15.5. The molecule has 2 aliphatic heterocycles. The zero-order chi connectivity index (χ0) is 17.9. The third kappa shape index (κ3) is 6.59. The van der Waals surface area contributed by atoms with E-state index in [2.05, 4.69) is 10.3 Å². The maximum atomic E-state index is 11.8. The minimum atomic E-state index is -0.396. The van der Waals surface area contributed by atoms with Crippen LogP contribution in [0.3, 0.4) is 0 Å². The Kier molecular flexibility index (Phi) is 7.99. The molecule has 0 spiro atoms. The number of ether oxygens (including phenoxy) is 3. The molecule has 0 saturated carbocycles. The van der Waals surface area contributed by atoms with Crippen molar-refractivity contribution in [1.82, 2.24) is 20.0 Å². The Balaban J connectivity index is 1.64. The SMILES string of the molecule is COCCN(CCOC(=O)N1C=NCC1)CCOC(=O)N1C=CNC1. The van der Waals surface area contributed by atoms with Crippen molar-refractivity contribution < 1.29 is 23.8 Å². The fourth-order valence-electron chi connectivity index (χ4n) is 2.24. The predicted octanol–water partition coefficient (Wildman–Crippen LogP) is -0.114. The van der Waals surface area contributed by atoms with Crippen molar-refractivity contribution in [1.29, 1.82) is 0 Å². The van der Waals surface area contributed by atoms with E-state index in [1.165, 1.54) is 16.1 Å². The van der Waals surface area contributed by atoms with E-state index >= 15 is 0 Å². The molecule has 2 rings (SSSR count). The van der Waals surface area contributed by atoms with E-state index in [1.807, 2.05) is 4.90 Å². The quantitative estimate of drug-likeness (QED) is 0.616. The van der Waals surface area contributed by atoms with Crippen LogP contribution in [-0.4, -0.2) is 99.5 Å². The Morgan fingerprint density at radius 1 is 1.12 bits per heavy atom. The van der Waals surface area contributed by atoms with Gasteiger partial charge in [0.2, 0.25) is 0 Å². The number of aliphatic imine (C=N–C) groups is 1. The molecule has 0 aromatic heterocycles. The van der Waals surface area contributed by atoms with Gasteiger partial charge in [-0.2, -0.15) is 0 Å². The van der Waals surface area contributed by atoms with Gasteiger partial charge in [-0.05, 0) is 0 Å². The molecule has 25 heavy (non-hydrogen) atoms. The number of nitrogens with one attached hydrogen (secondary N) is 1. The monoisotopic (exact) mass is 355 g/mol. The first-order chi connectivity index (χ1) is 12.2. The summed E-state index contributed by atoms with van der Waals surface area (Å²) in [7, 11) is 1.62. The maximum absolute atomic E-state index is 11.8. The Morgan fingerprint density at radius 3 is 2.36 bits per heavy atom. The zero-order valence-corrected chi connectivity index (χ0v) is 14.4. The number of hydrogen-bond acceptors (Lipinski definition) is 8. The lowest BCUT2D eigenvalue weighted by molar-refractivity contribution is 0.0772.